The quantitative estimate of drug-likeness (QED) is 0.743. The Labute approximate surface area is 128 Å². The fourth-order valence-electron chi connectivity index (χ4n) is 2.11. The highest BCUT2D eigenvalue weighted by Gasteiger charge is 2.40. The molecule has 21 heavy (non-hydrogen) atoms. The van der Waals surface area contributed by atoms with Gasteiger partial charge in [0.2, 0.25) is 0 Å². The second-order valence-corrected chi connectivity index (χ2v) is 6.09. The lowest BCUT2D eigenvalue weighted by Crippen LogP contribution is -2.45. The number of hydrogen-bond donors (Lipinski definition) is 3. The first-order valence-electron chi connectivity index (χ1n) is 6.88. The zero-order chi connectivity index (χ0) is 15.6. The molecule has 0 radical (unpaired) electrons. The summed E-state index contributed by atoms with van der Waals surface area (Å²) >= 11 is 5.95. The van der Waals surface area contributed by atoms with E-state index < -0.39 is 17.4 Å². The molecule has 0 heterocycles. The molecule has 1 fully saturated rings. The molecule has 0 unspecified atom stereocenters. The van der Waals surface area contributed by atoms with Gasteiger partial charge in [-0.2, -0.15) is 0 Å². The van der Waals surface area contributed by atoms with Gasteiger partial charge in [0.05, 0.1) is 5.60 Å². The minimum atomic E-state index is -0.956. The van der Waals surface area contributed by atoms with E-state index in [0.29, 0.717) is 16.3 Å². The van der Waals surface area contributed by atoms with Crippen molar-refractivity contribution in [2.24, 2.45) is 5.92 Å². The van der Waals surface area contributed by atoms with Gasteiger partial charge in [0.25, 0.3) is 0 Å². The first kappa shape index (κ1) is 15.8. The summed E-state index contributed by atoms with van der Waals surface area (Å²) in [5, 5.41) is 15.6. The van der Waals surface area contributed by atoms with Crippen molar-refractivity contribution in [1.29, 1.82) is 0 Å². The molecule has 6 heteroatoms. The van der Waals surface area contributed by atoms with Gasteiger partial charge in [-0.25, -0.2) is 0 Å². The summed E-state index contributed by atoms with van der Waals surface area (Å²) in [4.78, 5) is 23.6. The van der Waals surface area contributed by atoms with Gasteiger partial charge >= 0.3 is 11.8 Å². The zero-order valence-corrected chi connectivity index (χ0v) is 12.8. The molecule has 1 aliphatic carbocycles. The van der Waals surface area contributed by atoms with E-state index in [-0.39, 0.29) is 12.5 Å². The molecule has 3 N–H and O–H groups in total. The molecule has 0 spiro atoms. The van der Waals surface area contributed by atoms with Gasteiger partial charge in [-0.15, -0.1) is 0 Å². The number of carbonyl (C=O) groups excluding carboxylic acids is 2. The number of anilines is 1. The van der Waals surface area contributed by atoms with Crippen molar-refractivity contribution in [1.82, 2.24) is 5.32 Å². The average molecular weight is 311 g/mol. The van der Waals surface area contributed by atoms with Gasteiger partial charge in [0, 0.05) is 17.3 Å². The van der Waals surface area contributed by atoms with Gasteiger partial charge in [-0.05, 0) is 50.3 Å². The maximum Gasteiger partial charge on any atom is 0.313 e. The van der Waals surface area contributed by atoms with E-state index >= 15 is 0 Å². The second kappa shape index (κ2) is 6.03. The van der Waals surface area contributed by atoms with Crippen LogP contribution >= 0.6 is 11.6 Å². The molecule has 1 aromatic rings. The molecule has 0 bridgehead atoms. The molecular formula is C15H19ClN2O3. The van der Waals surface area contributed by atoms with Crippen LogP contribution in [0.25, 0.3) is 0 Å². The summed E-state index contributed by atoms with van der Waals surface area (Å²) in [7, 11) is 0. The van der Waals surface area contributed by atoms with E-state index in [4.69, 9.17) is 11.6 Å². The number of carbonyl (C=O) groups is 2. The number of benzene rings is 1. The Morgan fingerprint density at radius 1 is 1.38 bits per heavy atom. The third kappa shape index (κ3) is 3.95. The van der Waals surface area contributed by atoms with Crippen molar-refractivity contribution in [2.45, 2.75) is 32.3 Å². The van der Waals surface area contributed by atoms with Gasteiger partial charge in [-0.1, -0.05) is 17.7 Å². The Kier molecular flexibility index (Phi) is 4.54. The Bertz CT molecular complexity index is 568. The van der Waals surface area contributed by atoms with Crippen molar-refractivity contribution in [3.63, 3.8) is 0 Å². The highest BCUT2D eigenvalue weighted by molar-refractivity contribution is 6.40. The van der Waals surface area contributed by atoms with Crippen LogP contribution in [0, 0.1) is 12.8 Å². The standard InChI is InChI=1S/C15H19ClN2O3/c1-9-11(16)4-3-5-12(9)18-14(20)13(19)17-8-15(2,21)10-6-7-10/h3-5,10,21H,6-8H2,1-2H3,(H,17,19)(H,18,20)/t15-/m0/s1. The molecule has 1 atom stereocenters. The highest BCUT2D eigenvalue weighted by Crippen LogP contribution is 2.38. The van der Waals surface area contributed by atoms with Gasteiger partial charge in [0.1, 0.15) is 0 Å². The van der Waals surface area contributed by atoms with Gasteiger partial charge < -0.3 is 15.7 Å². The fourth-order valence-corrected chi connectivity index (χ4v) is 2.29. The number of rotatable bonds is 4. The Hall–Kier alpha value is -1.59. The molecule has 114 valence electrons. The highest BCUT2D eigenvalue weighted by atomic mass is 35.5. The van der Waals surface area contributed by atoms with Crippen molar-refractivity contribution >= 4 is 29.1 Å². The summed E-state index contributed by atoms with van der Waals surface area (Å²) in [6.07, 6.45) is 1.91. The fraction of sp³-hybridized carbons (Fsp3) is 0.467. The minimum absolute atomic E-state index is 0.0679. The van der Waals surface area contributed by atoms with Crippen LogP contribution in [0.5, 0.6) is 0 Å². The summed E-state index contributed by atoms with van der Waals surface area (Å²) in [5.74, 6) is -1.33. The van der Waals surface area contributed by atoms with Crippen molar-refractivity contribution in [3.8, 4) is 0 Å². The number of halogens is 1. The predicted octanol–water partition coefficient (Wildman–Crippen LogP) is 1.86. The lowest BCUT2D eigenvalue weighted by atomic mass is 10.0. The molecule has 1 saturated carbocycles. The molecular weight excluding hydrogens is 292 g/mol. The van der Waals surface area contributed by atoms with Crippen molar-refractivity contribution in [3.05, 3.63) is 28.8 Å². The second-order valence-electron chi connectivity index (χ2n) is 5.68. The molecule has 1 aliphatic rings. The maximum atomic E-state index is 11.8. The molecule has 2 amide bonds. The summed E-state index contributed by atoms with van der Waals surface area (Å²) < 4.78 is 0. The molecule has 1 aromatic carbocycles. The third-order valence-electron chi connectivity index (χ3n) is 3.79. The SMILES string of the molecule is Cc1c(Cl)cccc1NC(=O)C(=O)NC[C@](C)(O)C1CC1. The van der Waals surface area contributed by atoms with Crippen LogP contribution in [0.3, 0.4) is 0 Å². The van der Waals surface area contributed by atoms with Crippen LogP contribution in [0.15, 0.2) is 18.2 Å². The van der Waals surface area contributed by atoms with E-state index in [1.54, 1.807) is 32.0 Å². The summed E-state index contributed by atoms with van der Waals surface area (Å²) in [5.41, 5.74) is 0.240. The lowest BCUT2D eigenvalue weighted by Gasteiger charge is -2.23. The minimum Gasteiger partial charge on any atom is -0.388 e. The van der Waals surface area contributed by atoms with Crippen LogP contribution in [0.2, 0.25) is 5.02 Å². The van der Waals surface area contributed by atoms with E-state index in [1.165, 1.54) is 0 Å². The zero-order valence-electron chi connectivity index (χ0n) is 12.1. The number of hydrogen-bond acceptors (Lipinski definition) is 3. The third-order valence-corrected chi connectivity index (χ3v) is 4.20. The molecule has 0 aliphatic heterocycles. The Morgan fingerprint density at radius 2 is 2.05 bits per heavy atom. The average Bonchev–Trinajstić information content (AvgIpc) is 3.26. The largest absolute Gasteiger partial charge is 0.388 e. The normalized spacial score (nSPS) is 17.0. The number of aliphatic hydroxyl groups is 1. The molecule has 2 rings (SSSR count). The van der Waals surface area contributed by atoms with Crippen LogP contribution in [-0.2, 0) is 9.59 Å². The van der Waals surface area contributed by atoms with Crippen LogP contribution in [0.4, 0.5) is 5.69 Å². The summed E-state index contributed by atoms with van der Waals surface area (Å²) in [6.45, 7) is 3.50. The van der Waals surface area contributed by atoms with Gasteiger partial charge in [0.15, 0.2) is 0 Å². The van der Waals surface area contributed by atoms with E-state index in [0.717, 1.165) is 12.8 Å². The Balaban J connectivity index is 1.90. The lowest BCUT2D eigenvalue weighted by molar-refractivity contribution is -0.136. The predicted molar refractivity (Wildman–Crippen MR) is 81.2 cm³/mol. The van der Waals surface area contributed by atoms with Crippen LogP contribution < -0.4 is 10.6 Å². The monoisotopic (exact) mass is 310 g/mol. The molecule has 0 aromatic heterocycles. The van der Waals surface area contributed by atoms with Gasteiger partial charge in [-0.3, -0.25) is 9.59 Å². The topological polar surface area (TPSA) is 78.4 Å². The number of amides is 2. The van der Waals surface area contributed by atoms with Crippen molar-refractivity contribution in [2.75, 3.05) is 11.9 Å². The smallest absolute Gasteiger partial charge is 0.313 e. The maximum absolute atomic E-state index is 11.8. The first-order chi connectivity index (χ1) is 9.81. The van der Waals surface area contributed by atoms with E-state index in [2.05, 4.69) is 10.6 Å². The van der Waals surface area contributed by atoms with Crippen LogP contribution in [-0.4, -0.2) is 29.1 Å². The van der Waals surface area contributed by atoms with Crippen LogP contribution in [0.1, 0.15) is 25.3 Å². The first-order valence-corrected chi connectivity index (χ1v) is 7.26. The number of nitrogens with one attached hydrogen (secondary N) is 2. The Morgan fingerprint density at radius 3 is 2.67 bits per heavy atom. The van der Waals surface area contributed by atoms with E-state index in [9.17, 15) is 14.7 Å². The molecule has 0 saturated heterocycles. The van der Waals surface area contributed by atoms with E-state index in [1.807, 2.05) is 0 Å². The summed E-state index contributed by atoms with van der Waals surface area (Å²) in [6, 6.07) is 5.08. The molecule has 5 nitrogen and oxygen atoms in total. The van der Waals surface area contributed by atoms with Crippen molar-refractivity contribution < 1.29 is 14.7 Å².